The summed E-state index contributed by atoms with van der Waals surface area (Å²) in [6.45, 7) is 0.730. The van der Waals surface area contributed by atoms with Crippen molar-refractivity contribution in [2.75, 3.05) is 34.9 Å². The number of ketones is 1. The highest BCUT2D eigenvalue weighted by molar-refractivity contribution is 6.54. The number of benzene rings is 2. The number of Topliss-reactive ketones (excluding diaryl/α,β-unsaturated/α-hetero) is 1. The average Bonchev–Trinajstić information content (AvgIpc) is 2.64. The van der Waals surface area contributed by atoms with Crippen molar-refractivity contribution in [2.45, 2.75) is 6.42 Å². The van der Waals surface area contributed by atoms with E-state index < -0.39 is 0 Å². The third-order valence-corrected chi connectivity index (χ3v) is 5.10. The summed E-state index contributed by atoms with van der Waals surface area (Å²) < 4.78 is 18.7. The van der Waals surface area contributed by atoms with Crippen molar-refractivity contribution < 1.29 is 28.7 Å². The molecule has 1 heterocycles. The van der Waals surface area contributed by atoms with E-state index in [2.05, 4.69) is 0 Å². The molecule has 2 aromatic carbocycles. The summed E-state index contributed by atoms with van der Waals surface area (Å²) in [5.74, 6) is 1.45. The van der Waals surface area contributed by atoms with E-state index >= 15 is 0 Å². The lowest BCUT2D eigenvalue weighted by Gasteiger charge is -2.28. The number of rotatable bonds is 3. The van der Waals surface area contributed by atoms with Crippen LogP contribution in [0.2, 0.25) is 0 Å². The number of fused-ring (bicyclic) bond motifs is 2. The van der Waals surface area contributed by atoms with Gasteiger partial charge in [0.1, 0.15) is 25.1 Å². The van der Waals surface area contributed by atoms with Gasteiger partial charge in [-0.05, 0) is 17.7 Å². The number of phenolic OH excluding ortho intramolecular Hbond substituents is 1. The van der Waals surface area contributed by atoms with Gasteiger partial charge in [0.05, 0.1) is 26.9 Å². The lowest BCUT2D eigenvalue weighted by atomic mass is 9.78. The van der Waals surface area contributed by atoms with Gasteiger partial charge in [-0.15, -0.1) is 0 Å². The van der Waals surface area contributed by atoms with Crippen LogP contribution >= 0.6 is 0 Å². The van der Waals surface area contributed by atoms with E-state index in [-0.39, 0.29) is 11.5 Å². The Morgan fingerprint density at radius 1 is 0.962 bits per heavy atom. The molecule has 2 aliphatic rings. The molecule has 1 aliphatic carbocycles. The molecule has 0 unspecified atom stereocenters. The predicted octanol–water partition coefficient (Wildman–Crippen LogP) is 2.27. The van der Waals surface area contributed by atoms with Gasteiger partial charge < -0.3 is 19.3 Å². The standard InChI is InChI=1S/C20H19NO5/c1-21-6-5-10-7-14(25-3)20(26-4)17-15(10)18(21)19(23)12-8-11(22)9-13(24-2)16(12)17/h7-9H,5-6H2,1-4H3/p+1. The van der Waals surface area contributed by atoms with Crippen LogP contribution in [0.25, 0.3) is 11.1 Å². The fraction of sp³-hybridized carbons (Fsp3) is 0.300. The quantitative estimate of drug-likeness (QED) is 0.857. The molecule has 0 spiro atoms. The molecule has 4 rings (SSSR count). The Hall–Kier alpha value is -3.02. The number of hydrogen-bond acceptors (Lipinski definition) is 5. The molecular formula is C20H20NO5+. The Labute approximate surface area is 151 Å². The maximum absolute atomic E-state index is 13.3. The monoisotopic (exact) mass is 354 g/mol. The zero-order valence-electron chi connectivity index (χ0n) is 15.2. The molecule has 2 aromatic rings. The molecule has 26 heavy (non-hydrogen) atoms. The van der Waals surface area contributed by atoms with Crippen LogP contribution in [-0.2, 0) is 6.42 Å². The number of likely N-dealkylation sites (N-methyl/N-ethyl adjacent to an activating group) is 1. The van der Waals surface area contributed by atoms with Gasteiger partial charge in [0.2, 0.25) is 0 Å². The summed E-state index contributed by atoms with van der Waals surface area (Å²) in [4.78, 5) is 13.3. The van der Waals surface area contributed by atoms with Crippen molar-refractivity contribution in [1.82, 2.24) is 0 Å². The Morgan fingerprint density at radius 2 is 1.69 bits per heavy atom. The molecule has 0 saturated heterocycles. The first-order valence-electron chi connectivity index (χ1n) is 8.34. The number of ether oxygens (including phenoxy) is 3. The average molecular weight is 354 g/mol. The molecule has 0 bridgehead atoms. The summed E-state index contributed by atoms with van der Waals surface area (Å²) in [6, 6.07) is 4.93. The SMILES string of the molecule is COc1cc2c3c(c1OC)-c1c(OC)cc(O)cc1C(=O)C3=[N+](C)CC2. The highest BCUT2D eigenvalue weighted by Gasteiger charge is 2.43. The van der Waals surface area contributed by atoms with Gasteiger partial charge in [-0.1, -0.05) is 0 Å². The minimum atomic E-state index is -0.127. The number of aromatic hydroxyl groups is 1. The Morgan fingerprint density at radius 3 is 2.35 bits per heavy atom. The maximum Gasteiger partial charge on any atom is 0.257 e. The minimum Gasteiger partial charge on any atom is -0.508 e. The van der Waals surface area contributed by atoms with Gasteiger partial charge in [-0.25, -0.2) is 4.58 Å². The van der Waals surface area contributed by atoms with E-state index in [0.717, 1.165) is 29.7 Å². The Balaban J connectivity index is 2.23. The molecule has 0 saturated carbocycles. The molecule has 0 atom stereocenters. The molecule has 1 N–H and O–H groups in total. The van der Waals surface area contributed by atoms with Gasteiger partial charge >= 0.3 is 0 Å². The van der Waals surface area contributed by atoms with E-state index in [1.54, 1.807) is 14.2 Å². The first-order chi connectivity index (χ1) is 12.5. The lowest BCUT2D eigenvalue weighted by molar-refractivity contribution is -0.496. The fourth-order valence-corrected chi connectivity index (χ4v) is 3.96. The van der Waals surface area contributed by atoms with Crippen molar-refractivity contribution in [2.24, 2.45) is 0 Å². The van der Waals surface area contributed by atoms with Crippen molar-refractivity contribution in [3.63, 3.8) is 0 Å². The van der Waals surface area contributed by atoms with E-state index in [1.165, 1.54) is 19.2 Å². The smallest absolute Gasteiger partial charge is 0.257 e. The van der Waals surface area contributed by atoms with Gasteiger partial charge in [0.15, 0.2) is 11.5 Å². The lowest BCUT2D eigenvalue weighted by Crippen LogP contribution is -2.36. The first-order valence-corrected chi connectivity index (χ1v) is 8.34. The maximum atomic E-state index is 13.3. The van der Waals surface area contributed by atoms with Crippen molar-refractivity contribution in [1.29, 1.82) is 0 Å². The molecule has 6 nitrogen and oxygen atoms in total. The van der Waals surface area contributed by atoms with Gasteiger partial charge in [-0.3, -0.25) is 4.79 Å². The van der Waals surface area contributed by atoms with Gasteiger partial charge in [-0.2, -0.15) is 0 Å². The highest BCUT2D eigenvalue weighted by atomic mass is 16.5. The summed E-state index contributed by atoms with van der Waals surface area (Å²) in [7, 11) is 6.60. The summed E-state index contributed by atoms with van der Waals surface area (Å²) in [6.07, 6.45) is 0.797. The Kier molecular flexibility index (Phi) is 3.64. The van der Waals surface area contributed by atoms with E-state index in [1.807, 2.05) is 17.7 Å². The molecule has 6 heteroatoms. The van der Waals surface area contributed by atoms with Crippen molar-refractivity contribution in [3.05, 3.63) is 34.9 Å². The molecule has 0 amide bonds. The molecule has 1 aliphatic heterocycles. The van der Waals surface area contributed by atoms with Gasteiger partial charge in [0.25, 0.3) is 11.5 Å². The number of carbonyl (C=O) groups is 1. The number of hydrogen-bond donors (Lipinski definition) is 1. The van der Waals surface area contributed by atoms with Crippen LogP contribution in [0.5, 0.6) is 23.0 Å². The molecular weight excluding hydrogens is 334 g/mol. The van der Waals surface area contributed by atoms with Crippen LogP contribution in [0.4, 0.5) is 0 Å². The summed E-state index contributed by atoms with van der Waals surface area (Å²) in [5.41, 5.74) is 4.31. The summed E-state index contributed by atoms with van der Waals surface area (Å²) in [5, 5.41) is 10.1. The van der Waals surface area contributed by atoms with Crippen LogP contribution in [0.15, 0.2) is 18.2 Å². The second kappa shape index (κ2) is 5.76. The summed E-state index contributed by atoms with van der Waals surface area (Å²) >= 11 is 0. The highest BCUT2D eigenvalue weighted by Crippen LogP contribution is 2.51. The Bertz CT molecular complexity index is 990. The second-order valence-electron chi connectivity index (χ2n) is 6.44. The first kappa shape index (κ1) is 16.4. The normalized spacial score (nSPS) is 14.7. The van der Waals surface area contributed by atoms with Crippen LogP contribution in [0.3, 0.4) is 0 Å². The third-order valence-electron chi connectivity index (χ3n) is 5.10. The van der Waals surface area contributed by atoms with Crippen LogP contribution in [0.1, 0.15) is 21.5 Å². The van der Waals surface area contributed by atoms with Crippen LogP contribution in [-0.4, -0.2) is 56.1 Å². The number of nitrogens with zero attached hydrogens (tertiary/aromatic N) is 1. The third kappa shape index (κ3) is 2.05. The van der Waals surface area contributed by atoms with Crippen molar-refractivity contribution >= 4 is 11.5 Å². The minimum absolute atomic E-state index is 0.0152. The van der Waals surface area contributed by atoms with E-state index in [0.29, 0.717) is 34.1 Å². The van der Waals surface area contributed by atoms with E-state index in [4.69, 9.17) is 14.2 Å². The molecule has 0 fully saturated rings. The van der Waals surface area contributed by atoms with Crippen LogP contribution in [0, 0.1) is 0 Å². The number of methoxy groups -OCH3 is 3. The number of carbonyl (C=O) groups excluding carboxylic acids is 1. The molecule has 134 valence electrons. The topological polar surface area (TPSA) is 68.0 Å². The molecule has 0 radical (unpaired) electrons. The largest absolute Gasteiger partial charge is 0.508 e. The number of phenols is 1. The predicted molar refractivity (Wildman–Crippen MR) is 96.4 cm³/mol. The zero-order valence-corrected chi connectivity index (χ0v) is 15.2. The van der Waals surface area contributed by atoms with Gasteiger partial charge in [0, 0.05) is 29.2 Å². The molecule has 0 aromatic heterocycles. The van der Waals surface area contributed by atoms with Crippen LogP contribution < -0.4 is 14.2 Å². The van der Waals surface area contributed by atoms with E-state index in [9.17, 15) is 9.90 Å². The fourth-order valence-electron chi connectivity index (χ4n) is 3.96. The zero-order chi connectivity index (χ0) is 18.6. The second-order valence-corrected chi connectivity index (χ2v) is 6.44. The van der Waals surface area contributed by atoms with Crippen molar-refractivity contribution in [3.8, 4) is 34.1 Å².